The lowest BCUT2D eigenvalue weighted by molar-refractivity contribution is -0.231. The first kappa shape index (κ1) is 14.5. The first-order valence-electron chi connectivity index (χ1n) is 5.97. The number of ether oxygens (including phenoxy) is 2. The normalized spacial score (nSPS) is 11.3. The van der Waals surface area contributed by atoms with Crippen molar-refractivity contribution < 1.29 is 19.1 Å². The highest BCUT2D eigenvalue weighted by Crippen LogP contribution is 2.29. The number of rotatable bonds is 7. The molecule has 0 unspecified atom stereocenters. The van der Waals surface area contributed by atoms with Crippen molar-refractivity contribution in [2.45, 2.75) is 26.6 Å². The summed E-state index contributed by atoms with van der Waals surface area (Å²) in [7, 11) is 0. The van der Waals surface area contributed by atoms with Gasteiger partial charge >= 0.3 is 0 Å². The molecule has 98 valence electrons. The van der Waals surface area contributed by atoms with Gasteiger partial charge in [-0.05, 0) is 13.8 Å². The summed E-state index contributed by atoms with van der Waals surface area (Å²) in [6.45, 7) is 5.27. The maximum Gasteiger partial charge on any atom is 0.264 e. The van der Waals surface area contributed by atoms with Gasteiger partial charge in [-0.15, -0.1) is 0 Å². The van der Waals surface area contributed by atoms with Crippen molar-refractivity contribution in [1.29, 1.82) is 0 Å². The quantitative estimate of drug-likeness (QED) is 0.549. The maximum atomic E-state index is 12.1. The number of Topliss-reactive ketones (excluding diaryl/α,β-unsaturated/α-hetero) is 2. The molecule has 0 aromatic heterocycles. The predicted molar refractivity (Wildman–Crippen MR) is 67.1 cm³/mol. The highest BCUT2D eigenvalue weighted by atomic mass is 16.7. The molecular weight excluding hydrogens is 232 g/mol. The van der Waals surface area contributed by atoms with Crippen molar-refractivity contribution in [2.75, 3.05) is 13.2 Å². The lowest BCUT2D eigenvalue weighted by Gasteiger charge is -2.31. The Balaban J connectivity index is 3.29. The Bertz CT molecular complexity index is 405. The number of ketones is 2. The van der Waals surface area contributed by atoms with Crippen LogP contribution in [0.15, 0.2) is 30.3 Å². The molecule has 1 aromatic rings. The molecule has 0 aliphatic carbocycles. The molecule has 4 heteroatoms. The molecular formula is C14H18O4. The first-order valence-corrected chi connectivity index (χ1v) is 5.97. The average Bonchev–Trinajstić information content (AvgIpc) is 2.38. The van der Waals surface area contributed by atoms with Crippen molar-refractivity contribution in [3.8, 4) is 0 Å². The molecule has 18 heavy (non-hydrogen) atoms. The molecule has 1 aromatic carbocycles. The molecule has 0 aliphatic heterocycles. The largest absolute Gasteiger partial charge is 0.340 e. The molecule has 4 nitrogen and oxygen atoms in total. The summed E-state index contributed by atoms with van der Waals surface area (Å²) in [5.74, 6) is -2.88. The van der Waals surface area contributed by atoms with Gasteiger partial charge in [0.1, 0.15) is 0 Å². The third kappa shape index (κ3) is 2.83. The average molecular weight is 250 g/mol. The zero-order valence-corrected chi connectivity index (χ0v) is 10.9. The molecule has 0 aliphatic rings. The van der Waals surface area contributed by atoms with E-state index >= 15 is 0 Å². The minimum atomic E-state index is -1.61. The van der Waals surface area contributed by atoms with Gasteiger partial charge < -0.3 is 9.47 Å². The van der Waals surface area contributed by atoms with Crippen LogP contribution in [-0.2, 0) is 24.8 Å². The highest BCUT2D eigenvalue weighted by Gasteiger charge is 2.44. The fraction of sp³-hybridized carbons (Fsp3) is 0.429. The molecule has 0 fully saturated rings. The second-order valence-electron chi connectivity index (χ2n) is 3.73. The van der Waals surface area contributed by atoms with E-state index in [1.54, 1.807) is 38.1 Å². The summed E-state index contributed by atoms with van der Waals surface area (Å²) >= 11 is 0. The summed E-state index contributed by atoms with van der Waals surface area (Å²) in [5, 5.41) is 0. The number of hydrogen-bond donors (Lipinski definition) is 0. The lowest BCUT2D eigenvalue weighted by atomic mass is 9.98. The van der Waals surface area contributed by atoms with E-state index in [4.69, 9.17) is 9.47 Å². The van der Waals surface area contributed by atoms with Crippen LogP contribution in [0.2, 0.25) is 0 Å². The molecule has 0 atom stereocenters. The molecule has 0 amide bonds. The topological polar surface area (TPSA) is 52.6 Å². The van der Waals surface area contributed by atoms with E-state index in [-0.39, 0.29) is 13.2 Å². The third-order valence-electron chi connectivity index (χ3n) is 2.47. The first-order chi connectivity index (χ1) is 8.58. The van der Waals surface area contributed by atoms with Gasteiger partial charge in [-0.3, -0.25) is 9.59 Å². The molecule has 0 saturated carbocycles. The van der Waals surface area contributed by atoms with Crippen LogP contribution < -0.4 is 0 Å². The van der Waals surface area contributed by atoms with Gasteiger partial charge in [-0.2, -0.15) is 0 Å². The third-order valence-corrected chi connectivity index (χ3v) is 2.47. The van der Waals surface area contributed by atoms with E-state index in [0.717, 1.165) is 0 Å². The van der Waals surface area contributed by atoms with Crippen LogP contribution in [-0.4, -0.2) is 24.8 Å². The Morgan fingerprint density at radius 2 is 1.56 bits per heavy atom. The summed E-state index contributed by atoms with van der Waals surface area (Å²) in [6, 6.07) is 8.80. The minimum Gasteiger partial charge on any atom is -0.340 e. The van der Waals surface area contributed by atoms with Crippen molar-refractivity contribution >= 4 is 11.6 Å². The molecule has 0 N–H and O–H groups in total. The van der Waals surface area contributed by atoms with Gasteiger partial charge in [0.15, 0.2) is 0 Å². The highest BCUT2D eigenvalue weighted by molar-refractivity contribution is 6.38. The molecule has 1 rings (SSSR count). The molecule has 0 spiro atoms. The maximum absolute atomic E-state index is 12.1. The summed E-state index contributed by atoms with van der Waals surface area (Å²) in [4.78, 5) is 23.5. The van der Waals surface area contributed by atoms with E-state index in [0.29, 0.717) is 5.56 Å². The van der Waals surface area contributed by atoms with Crippen LogP contribution in [0.1, 0.15) is 26.3 Å². The summed E-state index contributed by atoms with van der Waals surface area (Å²) in [6.07, 6.45) is 0. The summed E-state index contributed by atoms with van der Waals surface area (Å²) in [5.41, 5.74) is 0.536. The minimum absolute atomic E-state index is 0.272. The van der Waals surface area contributed by atoms with Crippen LogP contribution in [0.25, 0.3) is 0 Å². The number of benzene rings is 1. The van der Waals surface area contributed by atoms with E-state index in [1.807, 2.05) is 6.07 Å². The number of hydrogen-bond acceptors (Lipinski definition) is 4. The molecule has 0 heterocycles. The van der Waals surface area contributed by atoms with E-state index in [2.05, 4.69) is 0 Å². The van der Waals surface area contributed by atoms with Crippen LogP contribution in [0, 0.1) is 0 Å². The van der Waals surface area contributed by atoms with Gasteiger partial charge in [-0.1, -0.05) is 30.3 Å². The monoisotopic (exact) mass is 250 g/mol. The van der Waals surface area contributed by atoms with Gasteiger partial charge in [0.2, 0.25) is 5.78 Å². The zero-order chi connectivity index (χ0) is 13.6. The fourth-order valence-corrected chi connectivity index (χ4v) is 1.77. The molecule has 0 saturated heterocycles. The fourth-order valence-electron chi connectivity index (χ4n) is 1.77. The molecule has 0 bridgehead atoms. The Labute approximate surface area is 107 Å². The van der Waals surface area contributed by atoms with E-state index in [9.17, 15) is 9.59 Å². The predicted octanol–water partition coefficient (Wildman–Crippen LogP) is 2.07. The lowest BCUT2D eigenvalue weighted by Crippen LogP contribution is -2.45. The van der Waals surface area contributed by atoms with Gasteiger partial charge in [-0.25, -0.2) is 0 Å². The van der Waals surface area contributed by atoms with Crippen molar-refractivity contribution in [1.82, 2.24) is 0 Å². The van der Waals surface area contributed by atoms with Crippen LogP contribution in [0.3, 0.4) is 0 Å². The number of carbonyl (C=O) groups is 2. The van der Waals surface area contributed by atoms with Gasteiger partial charge in [0.05, 0.1) is 0 Å². The van der Waals surface area contributed by atoms with Crippen LogP contribution in [0.5, 0.6) is 0 Å². The summed E-state index contributed by atoms with van der Waals surface area (Å²) < 4.78 is 11.0. The second-order valence-corrected chi connectivity index (χ2v) is 3.73. The Kier molecular flexibility index (Phi) is 5.19. The smallest absolute Gasteiger partial charge is 0.264 e. The zero-order valence-electron chi connectivity index (χ0n) is 10.9. The van der Waals surface area contributed by atoms with Gasteiger partial charge in [0.25, 0.3) is 11.6 Å². The van der Waals surface area contributed by atoms with Crippen LogP contribution in [0.4, 0.5) is 0 Å². The number of carbonyl (C=O) groups excluding carboxylic acids is 2. The van der Waals surface area contributed by atoms with E-state index in [1.165, 1.54) is 6.92 Å². The Morgan fingerprint density at radius 3 is 1.94 bits per heavy atom. The standard InChI is InChI=1S/C14H18O4/c1-4-17-14(18-5-2,13(16)11(3)15)12-9-7-6-8-10-12/h6-10H,4-5H2,1-3H3. The van der Waals surface area contributed by atoms with E-state index < -0.39 is 17.4 Å². The van der Waals surface area contributed by atoms with Crippen LogP contribution >= 0.6 is 0 Å². The van der Waals surface area contributed by atoms with Crippen molar-refractivity contribution in [3.05, 3.63) is 35.9 Å². The van der Waals surface area contributed by atoms with Crippen molar-refractivity contribution in [2.24, 2.45) is 0 Å². The molecule has 0 radical (unpaired) electrons. The Morgan fingerprint density at radius 1 is 1.06 bits per heavy atom. The Hall–Kier alpha value is -1.52. The van der Waals surface area contributed by atoms with Gasteiger partial charge in [0, 0.05) is 25.7 Å². The van der Waals surface area contributed by atoms with Crippen molar-refractivity contribution in [3.63, 3.8) is 0 Å². The second kappa shape index (κ2) is 6.42. The SMILES string of the molecule is CCOC(OCC)(C(=O)C(C)=O)c1ccccc1.